The maximum atomic E-state index is 12.3. The minimum Gasteiger partial charge on any atom is -0.369 e. The molecule has 0 bridgehead atoms. The molecule has 23 heavy (non-hydrogen) atoms. The van der Waals surface area contributed by atoms with Crippen LogP contribution in [0.1, 0.15) is 11.1 Å². The fraction of sp³-hybridized carbons (Fsp3) is 0.286. The maximum absolute atomic E-state index is 12.3. The monoisotopic (exact) mass is 355 g/mol. The fourth-order valence-corrected chi connectivity index (χ4v) is 3.53. The molecule has 4 N–H and O–H groups in total. The van der Waals surface area contributed by atoms with Crippen LogP contribution in [0.4, 0.5) is 11.8 Å². The molecule has 0 aliphatic rings. The zero-order chi connectivity index (χ0) is 17.0. The van der Waals surface area contributed by atoms with Gasteiger partial charge >= 0.3 is 0 Å². The van der Waals surface area contributed by atoms with Gasteiger partial charge in [-0.1, -0.05) is 23.7 Å². The van der Waals surface area contributed by atoms with Crippen LogP contribution in [0.3, 0.4) is 0 Å². The van der Waals surface area contributed by atoms with E-state index in [1.807, 2.05) is 13.0 Å². The van der Waals surface area contributed by atoms with Gasteiger partial charge in [-0.25, -0.2) is 18.1 Å². The van der Waals surface area contributed by atoms with Crippen molar-refractivity contribution < 1.29 is 8.42 Å². The average Bonchev–Trinajstić information content (AvgIpc) is 2.45. The van der Waals surface area contributed by atoms with Crippen LogP contribution < -0.4 is 15.8 Å². The number of sulfonamides is 1. The van der Waals surface area contributed by atoms with Gasteiger partial charge in [0, 0.05) is 19.2 Å². The molecule has 0 saturated heterocycles. The number of halogens is 1. The Hall–Kier alpha value is -1.90. The van der Waals surface area contributed by atoms with Crippen LogP contribution in [-0.4, -0.2) is 31.5 Å². The number of nitrogen functional groups attached to an aromatic ring is 1. The standard InChI is InChI=1S/C14H18ClN5O2S/c1-9-3-4-10(2)11(7-9)23(21,22)18-6-5-17-13-8-12(15)19-14(16)20-13/h3-4,7-8,18H,5-6H2,1-2H3,(H3,16,17,19,20). The molecule has 7 nitrogen and oxygen atoms in total. The zero-order valence-electron chi connectivity index (χ0n) is 12.8. The van der Waals surface area contributed by atoms with Crippen molar-refractivity contribution in [3.05, 3.63) is 40.5 Å². The van der Waals surface area contributed by atoms with Crippen molar-refractivity contribution in [2.45, 2.75) is 18.7 Å². The van der Waals surface area contributed by atoms with Crippen molar-refractivity contribution in [3.8, 4) is 0 Å². The summed E-state index contributed by atoms with van der Waals surface area (Å²) >= 11 is 5.77. The van der Waals surface area contributed by atoms with Gasteiger partial charge in [0.25, 0.3) is 0 Å². The molecule has 2 aromatic rings. The first-order chi connectivity index (χ1) is 10.8. The second-order valence-corrected chi connectivity index (χ2v) is 7.15. The number of rotatable bonds is 6. The maximum Gasteiger partial charge on any atom is 0.240 e. The molecule has 0 saturated carbocycles. The Balaban J connectivity index is 1.96. The number of nitrogens with two attached hydrogens (primary N) is 1. The summed E-state index contributed by atoms with van der Waals surface area (Å²) < 4.78 is 27.2. The first kappa shape index (κ1) is 17.5. The van der Waals surface area contributed by atoms with E-state index in [2.05, 4.69) is 20.0 Å². The highest BCUT2D eigenvalue weighted by atomic mass is 35.5. The molecule has 1 aromatic heterocycles. The fourth-order valence-electron chi connectivity index (χ4n) is 1.98. The lowest BCUT2D eigenvalue weighted by atomic mass is 10.2. The number of aryl methyl sites for hydroxylation is 2. The molecule has 1 aromatic carbocycles. The lowest BCUT2D eigenvalue weighted by molar-refractivity contribution is 0.582. The second-order valence-electron chi connectivity index (χ2n) is 5.03. The van der Waals surface area contributed by atoms with E-state index in [0.29, 0.717) is 17.9 Å². The summed E-state index contributed by atoms with van der Waals surface area (Å²) in [6.45, 7) is 4.13. The quantitative estimate of drug-likeness (QED) is 0.537. The smallest absolute Gasteiger partial charge is 0.240 e. The topological polar surface area (TPSA) is 110 Å². The summed E-state index contributed by atoms with van der Waals surface area (Å²) in [6, 6.07) is 6.82. The van der Waals surface area contributed by atoms with Crippen molar-refractivity contribution in [3.63, 3.8) is 0 Å². The van der Waals surface area contributed by atoms with Crippen molar-refractivity contribution >= 4 is 33.4 Å². The molecular weight excluding hydrogens is 338 g/mol. The highest BCUT2D eigenvalue weighted by Crippen LogP contribution is 2.16. The van der Waals surface area contributed by atoms with E-state index in [4.69, 9.17) is 17.3 Å². The molecule has 0 aliphatic heterocycles. The molecule has 0 amide bonds. The van der Waals surface area contributed by atoms with Crippen molar-refractivity contribution in [2.24, 2.45) is 0 Å². The van der Waals surface area contributed by atoms with Gasteiger partial charge in [0.05, 0.1) is 4.90 Å². The Labute approximate surface area is 140 Å². The van der Waals surface area contributed by atoms with Gasteiger partial charge in [-0.15, -0.1) is 0 Å². The highest BCUT2D eigenvalue weighted by Gasteiger charge is 2.16. The molecule has 0 spiro atoms. The second kappa shape index (κ2) is 7.12. The van der Waals surface area contributed by atoms with Crippen molar-refractivity contribution in [2.75, 3.05) is 24.1 Å². The number of hydrogen-bond acceptors (Lipinski definition) is 6. The molecule has 1 heterocycles. The number of nitrogens with zero attached hydrogens (tertiary/aromatic N) is 2. The van der Waals surface area contributed by atoms with Gasteiger partial charge in [-0.3, -0.25) is 0 Å². The third-order valence-corrected chi connectivity index (χ3v) is 4.87. The largest absolute Gasteiger partial charge is 0.369 e. The minimum absolute atomic E-state index is 0.0518. The third kappa shape index (κ3) is 4.78. The Kier molecular flexibility index (Phi) is 5.40. The van der Waals surface area contributed by atoms with Gasteiger partial charge in [0.15, 0.2) is 0 Å². The molecule has 9 heteroatoms. The summed E-state index contributed by atoms with van der Waals surface area (Å²) in [5.74, 6) is 0.490. The predicted molar refractivity (Wildman–Crippen MR) is 91.0 cm³/mol. The van der Waals surface area contributed by atoms with Crippen LogP contribution in [0, 0.1) is 13.8 Å². The van der Waals surface area contributed by atoms with Crippen LogP contribution >= 0.6 is 11.6 Å². The normalized spacial score (nSPS) is 11.4. The van der Waals surface area contributed by atoms with E-state index in [9.17, 15) is 8.42 Å². The van der Waals surface area contributed by atoms with Gasteiger partial charge in [-0.05, 0) is 31.0 Å². The number of nitrogens with one attached hydrogen (secondary N) is 2. The van der Waals surface area contributed by atoms with Gasteiger partial charge < -0.3 is 11.1 Å². The molecule has 0 fully saturated rings. The zero-order valence-corrected chi connectivity index (χ0v) is 14.4. The van der Waals surface area contributed by atoms with Gasteiger partial charge in [0.2, 0.25) is 16.0 Å². The number of hydrogen-bond donors (Lipinski definition) is 3. The SMILES string of the molecule is Cc1ccc(C)c(S(=O)(=O)NCCNc2cc(Cl)nc(N)n2)c1. The number of anilines is 2. The van der Waals surface area contributed by atoms with Crippen LogP contribution in [0.5, 0.6) is 0 Å². The Morgan fingerprint density at radius 3 is 2.61 bits per heavy atom. The first-order valence-corrected chi connectivity index (χ1v) is 8.75. The molecule has 0 aliphatic carbocycles. The van der Waals surface area contributed by atoms with Crippen LogP contribution in [-0.2, 0) is 10.0 Å². The van der Waals surface area contributed by atoms with Gasteiger partial charge in [0.1, 0.15) is 11.0 Å². The van der Waals surface area contributed by atoms with E-state index < -0.39 is 10.0 Å². The molecule has 2 rings (SSSR count). The van der Waals surface area contributed by atoms with E-state index in [1.54, 1.807) is 19.1 Å². The van der Waals surface area contributed by atoms with E-state index >= 15 is 0 Å². The first-order valence-electron chi connectivity index (χ1n) is 6.89. The molecule has 0 unspecified atom stereocenters. The number of benzene rings is 1. The lowest BCUT2D eigenvalue weighted by Gasteiger charge is -2.11. The lowest BCUT2D eigenvalue weighted by Crippen LogP contribution is -2.29. The van der Waals surface area contributed by atoms with Gasteiger partial charge in [-0.2, -0.15) is 4.98 Å². The summed E-state index contributed by atoms with van der Waals surface area (Å²) in [4.78, 5) is 7.97. The molecule has 124 valence electrons. The van der Waals surface area contributed by atoms with E-state index in [0.717, 1.165) is 5.56 Å². The summed E-state index contributed by atoms with van der Waals surface area (Å²) in [5.41, 5.74) is 7.07. The molecule has 0 radical (unpaired) electrons. The predicted octanol–water partition coefficient (Wildman–Crippen LogP) is 1.72. The van der Waals surface area contributed by atoms with Crippen LogP contribution in [0.15, 0.2) is 29.2 Å². The van der Waals surface area contributed by atoms with Crippen LogP contribution in [0.2, 0.25) is 5.15 Å². The summed E-state index contributed by atoms with van der Waals surface area (Å²) in [5, 5.41) is 3.15. The Morgan fingerprint density at radius 1 is 1.17 bits per heavy atom. The van der Waals surface area contributed by atoms with E-state index in [1.165, 1.54) is 6.07 Å². The molecule has 0 atom stereocenters. The summed E-state index contributed by atoms with van der Waals surface area (Å²) in [6.07, 6.45) is 0. The Morgan fingerprint density at radius 2 is 1.91 bits per heavy atom. The minimum atomic E-state index is -3.56. The summed E-state index contributed by atoms with van der Waals surface area (Å²) in [7, 11) is -3.56. The average molecular weight is 356 g/mol. The van der Waals surface area contributed by atoms with Crippen molar-refractivity contribution in [1.82, 2.24) is 14.7 Å². The van der Waals surface area contributed by atoms with Crippen molar-refractivity contribution in [1.29, 1.82) is 0 Å². The van der Waals surface area contributed by atoms with E-state index in [-0.39, 0.29) is 22.5 Å². The third-order valence-electron chi connectivity index (χ3n) is 3.07. The molecular formula is C14H18ClN5O2S. The Bertz CT molecular complexity index is 791. The highest BCUT2D eigenvalue weighted by molar-refractivity contribution is 7.89. The number of aromatic nitrogens is 2. The van der Waals surface area contributed by atoms with Crippen LogP contribution in [0.25, 0.3) is 0 Å².